The van der Waals surface area contributed by atoms with Crippen molar-refractivity contribution in [3.63, 3.8) is 0 Å². The van der Waals surface area contributed by atoms with Gasteiger partial charge in [0.25, 0.3) is 0 Å². The fourth-order valence-electron chi connectivity index (χ4n) is 9.92. The zero-order chi connectivity index (χ0) is 49.1. The Balaban J connectivity index is 1.16. The minimum Gasteiger partial charge on any atom is -0.507 e. The van der Waals surface area contributed by atoms with Gasteiger partial charge in [-0.05, 0) is 78.0 Å². The Morgan fingerprint density at radius 3 is 1.90 bits per heavy atom. The topological polar surface area (TPSA) is 320 Å². The van der Waals surface area contributed by atoms with Crippen molar-refractivity contribution in [1.29, 1.82) is 0 Å². The van der Waals surface area contributed by atoms with Gasteiger partial charge in [-0.15, -0.1) is 0 Å². The number of aromatic hydroxyl groups is 2. The minimum absolute atomic E-state index is 0.0500. The van der Waals surface area contributed by atoms with Crippen molar-refractivity contribution >= 4 is 22.3 Å². The van der Waals surface area contributed by atoms with Gasteiger partial charge in [0, 0.05) is 44.3 Å². The first-order valence-electron chi connectivity index (χ1n) is 22.8. The lowest BCUT2D eigenvalue weighted by atomic mass is 9.75. The molecular weight excluding hydrogens is 888 g/mol. The molecule has 4 fully saturated rings. The van der Waals surface area contributed by atoms with Crippen LogP contribution in [-0.2, 0) is 49.1 Å². The normalized spacial score (nSPS) is 40.8. The maximum Gasteiger partial charge on any atom is 0.202 e. The molecule has 0 spiro atoms. The second-order valence-corrected chi connectivity index (χ2v) is 19.0. The Hall–Kier alpha value is -3.20. The molecule has 7 rings (SSSR count). The molecule has 0 radical (unpaired) electrons. The second-order valence-electron chi connectivity index (χ2n) is 19.0. The predicted molar refractivity (Wildman–Crippen MR) is 229 cm³/mol. The molecule has 5 aliphatic rings. The maximum atomic E-state index is 14.9. The fourth-order valence-corrected chi connectivity index (χ4v) is 9.92. The highest BCUT2D eigenvalue weighted by Crippen LogP contribution is 2.47. The number of hydrogen-bond donors (Lipinski definition) is 10. The first-order chi connectivity index (χ1) is 31.4. The third-order valence-corrected chi connectivity index (χ3v) is 13.9. The second kappa shape index (κ2) is 20.3. The van der Waals surface area contributed by atoms with Crippen molar-refractivity contribution < 1.29 is 103 Å². The Labute approximate surface area is 387 Å². The van der Waals surface area contributed by atoms with E-state index in [2.05, 4.69) is 0 Å². The van der Waals surface area contributed by atoms with Crippen LogP contribution in [0.3, 0.4) is 0 Å². The molecular formula is C46H66O21. The smallest absolute Gasteiger partial charge is 0.202 e. The van der Waals surface area contributed by atoms with E-state index in [1.54, 1.807) is 27.7 Å². The maximum absolute atomic E-state index is 14.9. The summed E-state index contributed by atoms with van der Waals surface area (Å²) < 4.78 is 54.0. The van der Waals surface area contributed by atoms with E-state index in [-0.39, 0.29) is 65.3 Å². The van der Waals surface area contributed by atoms with Crippen molar-refractivity contribution in [3.8, 4) is 17.2 Å². The molecule has 21 atom stereocenters. The Kier molecular flexibility index (Phi) is 15.6. The Bertz CT molecular complexity index is 2090. The van der Waals surface area contributed by atoms with Crippen LogP contribution in [0, 0.1) is 12.8 Å². The summed E-state index contributed by atoms with van der Waals surface area (Å²) >= 11 is 0. The standard InChI is InChI=1S/C46H66O21/c1-16-26(64-29-12-25(48)37(51)18(3)60-29)11-23-9-22-10-24(43(59-8)42(56)36(50)17(2)47)44(41(55)34(22)40(54)33(23)35(16)49)67-31-14-27(38(52)20(5)62-31)65-30-13-28(39(53)19(4)61-30)66-32-15-46(7,58)45(57)21(6)63-32/h9,11,17-21,24-25,27-32,36-39,43-45,47-54,57-58H,10,12-15H2,1-8H3/t17-,18?,19?,20?,21?,24+,25-,27?,28?,29+,30+,31+,32+,36+,37-,38-,39+,43+,44+,45-,46+/m1/s1. The molecule has 4 heterocycles. The number of ether oxygens (including phenoxy) is 9. The van der Waals surface area contributed by atoms with Crippen LogP contribution in [0.1, 0.15) is 88.7 Å². The molecule has 6 unspecified atom stereocenters. The van der Waals surface area contributed by atoms with Gasteiger partial charge in [0.1, 0.15) is 60.0 Å². The number of Topliss-reactive ketones (excluding diaryl/α,β-unsaturated/α-hetero) is 2. The van der Waals surface area contributed by atoms with E-state index < -0.39 is 151 Å². The number of benzene rings is 2. The van der Waals surface area contributed by atoms with E-state index in [0.717, 1.165) is 0 Å². The molecule has 0 aromatic heterocycles. The first kappa shape index (κ1) is 51.6. The van der Waals surface area contributed by atoms with Crippen LogP contribution in [0.4, 0.5) is 0 Å². The average molecular weight is 955 g/mol. The molecule has 2 aromatic rings. The highest BCUT2D eigenvalue weighted by molar-refractivity contribution is 6.11. The molecule has 0 saturated carbocycles. The quantitative estimate of drug-likeness (QED) is 0.125. The lowest BCUT2D eigenvalue weighted by molar-refractivity contribution is -0.334. The lowest BCUT2D eigenvalue weighted by Crippen LogP contribution is -2.58. The predicted octanol–water partition coefficient (Wildman–Crippen LogP) is -0.130. The Morgan fingerprint density at radius 2 is 1.33 bits per heavy atom. The summed E-state index contributed by atoms with van der Waals surface area (Å²) in [5.74, 6) is -3.94. The Morgan fingerprint density at radius 1 is 0.776 bits per heavy atom. The van der Waals surface area contributed by atoms with Crippen molar-refractivity contribution in [2.24, 2.45) is 5.92 Å². The van der Waals surface area contributed by atoms with Gasteiger partial charge < -0.3 is 93.7 Å². The van der Waals surface area contributed by atoms with Crippen molar-refractivity contribution in [2.45, 2.75) is 203 Å². The van der Waals surface area contributed by atoms with E-state index in [9.17, 15) is 60.7 Å². The summed E-state index contributed by atoms with van der Waals surface area (Å²) in [6.07, 6.45) is -22.9. The number of phenols is 2. The third kappa shape index (κ3) is 10.3. The van der Waals surface area contributed by atoms with Gasteiger partial charge in [-0.25, -0.2) is 0 Å². The summed E-state index contributed by atoms with van der Waals surface area (Å²) in [5, 5.41) is 108. The van der Waals surface area contributed by atoms with Crippen molar-refractivity contribution in [3.05, 3.63) is 28.8 Å². The van der Waals surface area contributed by atoms with Gasteiger partial charge in [0.15, 0.2) is 30.4 Å². The van der Waals surface area contributed by atoms with Crippen LogP contribution in [0.25, 0.3) is 10.8 Å². The fraction of sp³-hybridized carbons (Fsp3) is 0.739. The van der Waals surface area contributed by atoms with Gasteiger partial charge in [-0.1, -0.05) is 0 Å². The van der Waals surface area contributed by atoms with Gasteiger partial charge in [-0.3, -0.25) is 9.59 Å². The number of carbonyl (C=O) groups is 2. The summed E-state index contributed by atoms with van der Waals surface area (Å²) in [6.45, 7) is 10.5. The van der Waals surface area contributed by atoms with E-state index in [4.69, 9.17) is 42.6 Å². The molecule has 0 bridgehead atoms. The molecule has 2 aromatic carbocycles. The average Bonchev–Trinajstić information content (AvgIpc) is 3.25. The van der Waals surface area contributed by atoms with Crippen LogP contribution in [-0.4, -0.2) is 192 Å². The van der Waals surface area contributed by atoms with E-state index in [1.165, 1.54) is 40.0 Å². The summed E-state index contributed by atoms with van der Waals surface area (Å²) in [4.78, 5) is 28.6. The van der Waals surface area contributed by atoms with Crippen molar-refractivity contribution in [1.82, 2.24) is 0 Å². The third-order valence-electron chi connectivity index (χ3n) is 13.9. The van der Waals surface area contributed by atoms with Gasteiger partial charge in [0.2, 0.25) is 6.29 Å². The van der Waals surface area contributed by atoms with Crippen LogP contribution in [0.2, 0.25) is 0 Å². The highest BCUT2D eigenvalue weighted by atomic mass is 16.7. The zero-order valence-corrected chi connectivity index (χ0v) is 38.7. The van der Waals surface area contributed by atoms with Gasteiger partial charge >= 0.3 is 0 Å². The number of phenolic OH excluding ortho intramolecular Hbond substituents is 2. The number of ketones is 2. The molecule has 376 valence electrons. The number of fused-ring (bicyclic) bond motifs is 2. The van der Waals surface area contributed by atoms with E-state index in [1.807, 2.05) is 0 Å². The summed E-state index contributed by atoms with van der Waals surface area (Å²) in [6, 6.07) is 3.02. The van der Waals surface area contributed by atoms with Crippen LogP contribution < -0.4 is 4.74 Å². The number of rotatable bonds is 13. The first-order valence-corrected chi connectivity index (χ1v) is 22.8. The highest BCUT2D eigenvalue weighted by Gasteiger charge is 2.51. The molecule has 10 N–H and O–H groups in total. The number of aliphatic hydroxyl groups is 8. The lowest BCUT2D eigenvalue weighted by Gasteiger charge is -2.46. The number of aliphatic hydroxyl groups excluding tert-OH is 7. The van der Waals surface area contributed by atoms with E-state index in [0.29, 0.717) is 0 Å². The van der Waals surface area contributed by atoms with Crippen LogP contribution in [0.5, 0.6) is 17.2 Å². The number of hydrogen-bond acceptors (Lipinski definition) is 21. The molecule has 67 heavy (non-hydrogen) atoms. The monoisotopic (exact) mass is 954 g/mol. The number of methoxy groups -OCH3 is 1. The molecule has 1 aliphatic carbocycles. The molecule has 0 amide bonds. The van der Waals surface area contributed by atoms with Crippen LogP contribution in [0.15, 0.2) is 12.1 Å². The SMILES string of the molecule is CO[C@H](C(=O)[C@@H](O)[C@@H](C)O)[C@@H]1Cc2cc3cc(O[C@H]4C[C@@H](O)[C@H](O)C(C)O4)c(C)c(O)c3c(O)c2C(=O)[C@H]1O[C@H]1CC(O[C@H]2CC(O[C@H]3C[C@](C)(O)[C@H](O)C(C)O3)[C@@H](O)C(C)O2)[C@H](O)C(C)O1. The van der Waals surface area contributed by atoms with Crippen molar-refractivity contribution in [2.75, 3.05) is 7.11 Å². The molecule has 4 saturated heterocycles. The van der Waals surface area contributed by atoms with Gasteiger partial charge in [-0.2, -0.15) is 0 Å². The summed E-state index contributed by atoms with van der Waals surface area (Å²) in [7, 11) is 1.19. The molecule has 4 aliphatic heterocycles. The molecule has 21 nitrogen and oxygen atoms in total. The zero-order valence-electron chi connectivity index (χ0n) is 38.7. The number of carbonyl (C=O) groups excluding carboxylic acids is 2. The van der Waals surface area contributed by atoms with Gasteiger partial charge in [0.05, 0.1) is 65.4 Å². The largest absolute Gasteiger partial charge is 0.507 e. The molecule has 21 heteroatoms. The van der Waals surface area contributed by atoms with E-state index >= 15 is 0 Å². The minimum atomic E-state index is -1.92. The van der Waals surface area contributed by atoms with Crippen LogP contribution >= 0.6 is 0 Å². The summed E-state index contributed by atoms with van der Waals surface area (Å²) in [5.41, 5.74) is -1.40.